The van der Waals surface area contributed by atoms with Gasteiger partial charge in [0.2, 0.25) is 5.91 Å². The van der Waals surface area contributed by atoms with Gasteiger partial charge in [-0.05, 0) is 55.2 Å². The van der Waals surface area contributed by atoms with E-state index in [9.17, 15) is 9.59 Å². The second-order valence-electron chi connectivity index (χ2n) is 6.58. The van der Waals surface area contributed by atoms with E-state index < -0.39 is 0 Å². The van der Waals surface area contributed by atoms with Gasteiger partial charge < -0.3 is 5.32 Å². The van der Waals surface area contributed by atoms with Crippen LogP contribution in [0.5, 0.6) is 0 Å². The molecule has 1 N–H and O–H groups in total. The maximum Gasteiger partial charge on any atom is 0.262 e. The molecule has 0 saturated heterocycles. The third-order valence-electron chi connectivity index (χ3n) is 4.75. The third-order valence-corrected chi connectivity index (χ3v) is 5.85. The second-order valence-corrected chi connectivity index (χ2v) is 7.78. The standard InChI is InChI=1S/C20H19N3O2S/c1-11-12(2)26-19-17(11)20(25)23-9-8-15(18(23)22-19)10-14-4-6-16(7-5-14)21-13(3)24/h4-7,10H,8-9H2,1-3H3,(H,21,24)/b15-10+. The van der Waals surface area contributed by atoms with Crippen LogP contribution in [0.3, 0.4) is 0 Å². The lowest BCUT2D eigenvalue weighted by molar-refractivity contribution is -0.114. The van der Waals surface area contributed by atoms with Crippen molar-refractivity contribution in [3.05, 3.63) is 56.4 Å². The zero-order valence-corrected chi connectivity index (χ0v) is 15.7. The fraction of sp³-hybridized carbons (Fsp3) is 0.250. The van der Waals surface area contributed by atoms with Crippen molar-refractivity contribution in [3.8, 4) is 0 Å². The Kier molecular flexibility index (Phi) is 4.00. The Labute approximate surface area is 155 Å². The molecular formula is C20H19N3O2S. The summed E-state index contributed by atoms with van der Waals surface area (Å²) in [7, 11) is 0. The number of amides is 1. The molecule has 1 aliphatic heterocycles. The molecule has 5 nitrogen and oxygen atoms in total. The minimum atomic E-state index is -0.0880. The maximum atomic E-state index is 12.9. The summed E-state index contributed by atoms with van der Waals surface area (Å²) in [6.07, 6.45) is 2.87. The van der Waals surface area contributed by atoms with Gasteiger partial charge in [0, 0.05) is 24.0 Å². The SMILES string of the molecule is CC(=O)Nc1ccc(/C=C2\CCn3c2nc2sc(C)c(C)c2c3=O)cc1. The molecule has 3 aromatic rings. The first kappa shape index (κ1) is 16.7. The molecule has 1 amide bonds. The number of fused-ring (bicyclic) bond motifs is 2. The van der Waals surface area contributed by atoms with Crippen LogP contribution in [0.15, 0.2) is 29.1 Å². The summed E-state index contributed by atoms with van der Waals surface area (Å²) in [4.78, 5) is 30.7. The van der Waals surface area contributed by atoms with Crippen molar-refractivity contribution in [2.24, 2.45) is 0 Å². The third kappa shape index (κ3) is 2.76. The first-order valence-electron chi connectivity index (χ1n) is 8.53. The van der Waals surface area contributed by atoms with Crippen LogP contribution in [0.1, 0.15) is 35.2 Å². The molecule has 26 heavy (non-hydrogen) atoms. The Hall–Kier alpha value is -2.73. The molecule has 0 spiro atoms. The Morgan fingerprint density at radius 2 is 2.00 bits per heavy atom. The first-order chi connectivity index (χ1) is 12.4. The maximum absolute atomic E-state index is 12.9. The number of rotatable bonds is 2. The van der Waals surface area contributed by atoms with Gasteiger partial charge in [0.05, 0.1) is 5.39 Å². The quantitative estimate of drug-likeness (QED) is 0.747. The number of aryl methyl sites for hydroxylation is 2. The van der Waals surface area contributed by atoms with Gasteiger partial charge >= 0.3 is 0 Å². The van der Waals surface area contributed by atoms with Crippen molar-refractivity contribution in [2.45, 2.75) is 33.7 Å². The van der Waals surface area contributed by atoms with E-state index in [2.05, 4.69) is 11.4 Å². The molecule has 1 aromatic carbocycles. The van der Waals surface area contributed by atoms with E-state index in [-0.39, 0.29) is 11.5 Å². The molecule has 0 bridgehead atoms. The molecule has 0 fully saturated rings. The summed E-state index contributed by atoms with van der Waals surface area (Å²) >= 11 is 1.58. The lowest BCUT2D eigenvalue weighted by atomic mass is 10.1. The highest BCUT2D eigenvalue weighted by atomic mass is 32.1. The number of benzene rings is 1. The van der Waals surface area contributed by atoms with Gasteiger partial charge in [0.25, 0.3) is 5.56 Å². The summed E-state index contributed by atoms with van der Waals surface area (Å²) in [5.74, 6) is 0.685. The average molecular weight is 365 g/mol. The number of thiophene rings is 1. The van der Waals surface area contributed by atoms with Crippen LogP contribution < -0.4 is 10.9 Å². The Morgan fingerprint density at radius 1 is 1.27 bits per heavy atom. The molecule has 1 aliphatic rings. The summed E-state index contributed by atoms with van der Waals surface area (Å²) in [5, 5.41) is 3.52. The van der Waals surface area contributed by atoms with Gasteiger partial charge in [0.1, 0.15) is 10.7 Å². The van der Waals surface area contributed by atoms with Crippen molar-refractivity contribution in [1.82, 2.24) is 9.55 Å². The van der Waals surface area contributed by atoms with Gasteiger partial charge in [-0.1, -0.05) is 12.1 Å². The molecule has 0 aliphatic carbocycles. The number of allylic oxidation sites excluding steroid dienone is 1. The molecule has 0 unspecified atom stereocenters. The molecule has 0 saturated carbocycles. The fourth-order valence-electron chi connectivity index (χ4n) is 3.33. The van der Waals surface area contributed by atoms with E-state index in [4.69, 9.17) is 4.98 Å². The topological polar surface area (TPSA) is 64.0 Å². The van der Waals surface area contributed by atoms with Crippen molar-refractivity contribution >= 4 is 44.8 Å². The molecule has 4 rings (SSSR count). The zero-order valence-electron chi connectivity index (χ0n) is 14.9. The second kappa shape index (κ2) is 6.21. The normalized spacial score (nSPS) is 14.8. The van der Waals surface area contributed by atoms with Crippen molar-refractivity contribution < 1.29 is 4.79 Å². The molecule has 2 aromatic heterocycles. The monoisotopic (exact) mass is 365 g/mol. The molecule has 6 heteroatoms. The van der Waals surface area contributed by atoms with E-state index in [0.717, 1.165) is 49.7 Å². The molecule has 132 valence electrons. The van der Waals surface area contributed by atoms with Gasteiger partial charge in [-0.2, -0.15) is 0 Å². The van der Waals surface area contributed by atoms with Gasteiger partial charge in [-0.3, -0.25) is 14.2 Å². The fourth-order valence-corrected chi connectivity index (χ4v) is 4.35. The van der Waals surface area contributed by atoms with Crippen molar-refractivity contribution in [3.63, 3.8) is 0 Å². The number of anilines is 1. The van der Waals surface area contributed by atoms with Crippen LogP contribution in [-0.4, -0.2) is 15.5 Å². The lowest BCUT2D eigenvalue weighted by Gasteiger charge is -2.04. The zero-order chi connectivity index (χ0) is 18.4. The van der Waals surface area contributed by atoms with Crippen LogP contribution in [0, 0.1) is 13.8 Å². The van der Waals surface area contributed by atoms with Crippen molar-refractivity contribution in [2.75, 3.05) is 5.32 Å². The van der Waals surface area contributed by atoms with E-state index in [1.807, 2.05) is 38.1 Å². The van der Waals surface area contributed by atoms with Crippen LogP contribution in [0.25, 0.3) is 21.9 Å². The number of nitrogens with zero attached hydrogens (tertiary/aromatic N) is 2. The van der Waals surface area contributed by atoms with E-state index in [1.54, 1.807) is 15.9 Å². The number of hydrogen-bond donors (Lipinski definition) is 1. The van der Waals surface area contributed by atoms with Crippen LogP contribution in [0.4, 0.5) is 5.69 Å². The average Bonchev–Trinajstić information content (AvgIpc) is 3.11. The number of carbonyl (C=O) groups is 1. The largest absolute Gasteiger partial charge is 0.326 e. The highest BCUT2D eigenvalue weighted by molar-refractivity contribution is 7.18. The molecule has 0 radical (unpaired) electrons. The smallest absolute Gasteiger partial charge is 0.262 e. The Morgan fingerprint density at radius 3 is 2.69 bits per heavy atom. The first-order valence-corrected chi connectivity index (χ1v) is 9.35. The molecule has 0 atom stereocenters. The van der Waals surface area contributed by atoms with Gasteiger partial charge in [-0.15, -0.1) is 11.3 Å². The molecular weight excluding hydrogens is 346 g/mol. The highest BCUT2D eigenvalue weighted by Gasteiger charge is 2.23. The number of aromatic nitrogens is 2. The van der Waals surface area contributed by atoms with Gasteiger partial charge in [0.15, 0.2) is 0 Å². The molecule has 3 heterocycles. The predicted octanol–water partition coefficient (Wildman–Crippen LogP) is 3.98. The summed E-state index contributed by atoms with van der Waals surface area (Å²) < 4.78 is 1.79. The van der Waals surface area contributed by atoms with Crippen LogP contribution in [-0.2, 0) is 11.3 Å². The lowest BCUT2D eigenvalue weighted by Crippen LogP contribution is -2.20. The minimum Gasteiger partial charge on any atom is -0.326 e. The summed E-state index contributed by atoms with van der Waals surface area (Å²) in [6, 6.07) is 7.66. The van der Waals surface area contributed by atoms with Gasteiger partial charge in [-0.25, -0.2) is 4.98 Å². The number of nitrogens with one attached hydrogen (secondary N) is 1. The van der Waals surface area contributed by atoms with Crippen molar-refractivity contribution in [1.29, 1.82) is 0 Å². The van der Waals surface area contributed by atoms with Crippen LogP contribution >= 0.6 is 11.3 Å². The predicted molar refractivity (Wildman–Crippen MR) is 107 cm³/mol. The minimum absolute atomic E-state index is 0.0660. The number of carbonyl (C=O) groups excluding carboxylic acids is 1. The summed E-state index contributed by atoms with van der Waals surface area (Å²) in [5.41, 5.74) is 3.97. The number of hydrogen-bond acceptors (Lipinski definition) is 4. The highest BCUT2D eigenvalue weighted by Crippen LogP contribution is 2.32. The van der Waals surface area contributed by atoms with E-state index in [1.165, 1.54) is 6.92 Å². The summed E-state index contributed by atoms with van der Waals surface area (Å²) in [6.45, 7) is 6.18. The Bertz CT molecular complexity index is 1120. The Balaban J connectivity index is 1.75. The van der Waals surface area contributed by atoms with E-state index in [0.29, 0.717) is 6.54 Å². The van der Waals surface area contributed by atoms with Crippen LogP contribution in [0.2, 0.25) is 0 Å². The van der Waals surface area contributed by atoms with E-state index >= 15 is 0 Å².